The number of benzene rings is 1. The van der Waals surface area contributed by atoms with E-state index in [-0.39, 0.29) is 5.56 Å². The van der Waals surface area contributed by atoms with Crippen molar-refractivity contribution in [3.8, 4) is 11.1 Å². The highest BCUT2D eigenvalue weighted by molar-refractivity contribution is 5.96. The van der Waals surface area contributed by atoms with E-state index in [0.717, 1.165) is 22.3 Å². The van der Waals surface area contributed by atoms with Gasteiger partial charge in [0.25, 0.3) is 0 Å². The summed E-state index contributed by atoms with van der Waals surface area (Å²) < 4.78 is 0. The molecule has 0 atom stereocenters. The number of anilines is 1. The Kier molecular flexibility index (Phi) is 4.15. The minimum atomic E-state index is -0.128. The number of nitrogens with zero attached hydrogens (tertiary/aromatic N) is 3. The second kappa shape index (κ2) is 6.76. The van der Waals surface area contributed by atoms with Gasteiger partial charge in [0.2, 0.25) is 5.56 Å². The van der Waals surface area contributed by atoms with Crippen LogP contribution >= 0.6 is 0 Å². The predicted octanol–water partition coefficient (Wildman–Crippen LogP) is 3.30. The smallest absolute Gasteiger partial charge is 0.248 e. The summed E-state index contributed by atoms with van der Waals surface area (Å²) in [5.41, 5.74) is 5.32. The molecule has 0 saturated carbocycles. The van der Waals surface area contributed by atoms with E-state index in [4.69, 9.17) is 0 Å². The molecule has 2 N–H and O–H groups in total. The lowest BCUT2D eigenvalue weighted by molar-refractivity contribution is 1.01. The van der Waals surface area contributed by atoms with Crippen molar-refractivity contribution in [3.05, 3.63) is 82.7 Å². The van der Waals surface area contributed by atoms with E-state index in [1.807, 2.05) is 6.07 Å². The summed E-state index contributed by atoms with van der Waals surface area (Å²) in [6, 6.07) is 13.3. The predicted molar refractivity (Wildman–Crippen MR) is 102 cm³/mol. The summed E-state index contributed by atoms with van der Waals surface area (Å²) in [4.78, 5) is 27.7. The third-order valence-electron chi connectivity index (χ3n) is 4.14. The molecule has 0 aliphatic rings. The number of H-pyrrole nitrogens is 1. The van der Waals surface area contributed by atoms with Crippen LogP contribution in [0.1, 0.15) is 11.3 Å². The molecule has 6 nitrogen and oxygen atoms in total. The number of aromatic amines is 1. The fraction of sp³-hybridized carbons (Fsp3) is 0.100. The Labute approximate surface area is 150 Å². The molecule has 0 radical (unpaired) electrons. The monoisotopic (exact) mass is 343 g/mol. The third kappa shape index (κ3) is 3.17. The first-order valence-electron chi connectivity index (χ1n) is 8.29. The van der Waals surface area contributed by atoms with Gasteiger partial charge >= 0.3 is 0 Å². The van der Waals surface area contributed by atoms with Crippen molar-refractivity contribution in [3.63, 3.8) is 0 Å². The van der Waals surface area contributed by atoms with Crippen molar-refractivity contribution in [1.29, 1.82) is 0 Å². The summed E-state index contributed by atoms with van der Waals surface area (Å²) in [6.45, 7) is 2.50. The second-order valence-corrected chi connectivity index (χ2v) is 6.03. The molecule has 4 rings (SSSR count). The fourth-order valence-electron chi connectivity index (χ4n) is 2.81. The first-order valence-corrected chi connectivity index (χ1v) is 8.29. The molecule has 0 saturated heterocycles. The van der Waals surface area contributed by atoms with Crippen LogP contribution in [-0.2, 0) is 6.54 Å². The van der Waals surface area contributed by atoms with Crippen LogP contribution in [0.3, 0.4) is 0 Å². The van der Waals surface area contributed by atoms with E-state index in [1.54, 1.807) is 24.7 Å². The standard InChI is InChI=1S/C20H17N5O/c1-13-5-7-14(8-6-13)16-12-24-20(19-18(16)21-9-10-22-19)23-11-15-3-2-4-17(26)25-15/h2-10,12H,11H2,1H3,(H,23,24)(H,25,26). The maximum absolute atomic E-state index is 11.4. The summed E-state index contributed by atoms with van der Waals surface area (Å²) in [7, 11) is 0. The molecule has 0 aliphatic carbocycles. The number of rotatable bonds is 4. The Morgan fingerprint density at radius 2 is 1.73 bits per heavy atom. The van der Waals surface area contributed by atoms with Gasteiger partial charge in [-0.05, 0) is 18.6 Å². The van der Waals surface area contributed by atoms with Crippen molar-refractivity contribution in [2.24, 2.45) is 0 Å². The summed E-state index contributed by atoms with van der Waals surface area (Å²) >= 11 is 0. The molecule has 26 heavy (non-hydrogen) atoms. The number of aromatic nitrogens is 4. The van der Waals surface area contributed by atoms with E-state index in [9.17, 15) is 4.79 Å². The highest BCUT2D eigenvalue weighted by Gasteiger charge is 2.11. The van der Waals surface area contributed by atoms with Gasteiger partial charge in [0.15, 0.2) is 5.82 Å². The molecule has 0 unspecified atom stereocenters. The van der Waals surface area contributed by atoms with Crippen LogP contribution in [0.4, 0.5) is 5.82 Å². The number of aryl methyl sites for hydroxylation is 1. The molecule has 4 aromatic rings. The summed E-state index contributed by atoms with van der Waals surface area (Å²) in [6.07, 6.45) is 5.13. The van der Waals surface area contributed by atoms with Crippen LogP contribution in [0, 0.1) is 6.92 Å². The number of nitrogens with one attached hydrogen (secondary N) is 2. The zero-order valence-corrected chi connectivity index (χ0v) is 14.2. The SMILES string of the molecule is Cc1ccc(-c2cnc(NCc3cccc(=O)[nH]3)c3nccnc23)cc1. The van der Waals surface area contributed by atoms with Crippen molar-refractivity contribution >= 4 is 16.9 Å². The molecule has 128 valence electrons. The molecule has 0 amide bonds. The van der Waals surface area contributed by atoms with Gasteiger partial charge in [-0.15, -0.1) is 0 Å². The average molecular weight is 343 g/mol. The van der Waals surface area contributed by atoms with Crippen LogP contribution in [0.25, 0.3) is 22.2 Å². The van der Waals surface area contributed by atoms with Crippen molar-refractivity contribution in [1.82, 2.24) is 19.9 Å². The van der Waals surface area contributed by atoms with Crippen LogP contribution in [0.15, 0.2) is 65.8 Å². The molecule has 0 fully saturated rings. The highest BCUT2D eigenvalue weighted by atomic mass is 16.1. The summed E-state index contributed by atoms with van der Waals surface area (Å²) in [5.74, 6) is 0.633. The number of pyridine rings is 2. The van der Waals surface area contributed by atoms with Gasteiger partial charge in [-0.25, -0.2) is 9.97 Å². The number of hydrogen-bond acceptors (Lipinski definition) is 5. The van der Waals surface area contributed by atoms with E-state index < -0.39 is 0 Å². The van der Waals surface area contributed by atoms with Crippen molar-refractivity contribution < 1.29 is 0 Å². The molecule has 0 spiro atoms. The molecule has 3 aromatic heterocycles. The highest BCUT2D eigenvalue weighted by Crippen LogP contribution is 2.29. The van der Waals surface area contributed by atoms with Crippen LogP contribution in [0.2, 0.25) is 0 Å². The second-order valence-electron chi connectivity index (χ2n) is 6.03. The zero-order chi connectivity index (χ0) is 17.9. The topological polar surface area (TPSA) is 83.6 Å². The first kappa shape index (κ1) is 16.0. The quantitative estimate of drug-likeness (QED) is 0.594. The first-order chi connectivity index (χ1) is 12.7. The molecular formula is C20H17N5O. The van der Waals surface area contributed by atoms with Crippen LogP contribution in [-0.4, -0.2) is 19.9 Å². The lowest BCUT2D eigenvalue weighted by atomic mass is 10.0. The van der Waals surface area contributed by atoms with Crippen LogP contribution in [0.5, 0.6) is 0 Å². The van der Waals surface area contributed by atoms with Gasteiger partial charge in [0, 0.05) is 35.9 Å². The van der Waals surface area contributed by atoms with E-state index in [0.29, 0.717) is 17.9 Å². The Morgan fingerprint density at radius 1 is 0.962 bits per heavy atom. The maximum Gasteiger partial charge on any atom is 0.248 e. The minimum absolute atomic E-state index is 0.128. The third-order valence-corrected chi connectivity index (χ3v) is 4.14. The van der Waals surface area contributed by atoms with Crippen molar-refractivity contribution in [2.45, 2.75) is 13.5 Å². The Hall–Kier alpha value is -3.54. The number of hydrogen-bond donors (Lipinski definition) is 2. The van der Waals surface area contributed by atoms with E-state index >= 15 is 0 Å². The maximum atomic E-state index is 11.4. The summed E-state index contributed by atoms with van der Waals surface area (Å²) in [5, 5.41) is 3.24. The molecule has 1 aromatic carbocycles. The molecular weight excluding hydrogens is 326 g/mol. The normalized spacial score (nSPS) is 10.8. The Balaban J connectivity index is 1.72. The molecule has 0 bridgehead atoms. The van der Waals surface area contributed by atoms with Gasteiger partial charge < -0.3 is 10.3 Å². The lowest BCUT2D eigenvalue weighted by Crippen LogP contribution is -2.10. The zero-order valence-electron chi connectivity index (χ0n) is 14.2. The minimum Gasteiger partial charge on any atom is -0.363 e. The van der Waals surface area contributed by atoms with E-state index in [1.165, 1.54) is 11.6 Å². The van der Waals surface area contributed by atoms with Gasteiger partial charge in [-0.2, -0.15) is 0 Å². The Bertz CT molecular complexity index is 1120. The average Bonchev–Trinajstić information content (AvgIpc) is 2.67. The fourth-order valence-corrected chi connectivity index (χ4v) is 2.81. The van der Waals surface area contributed by atoms with Gasteiger partial charge in [-0.1, -0.05) is 35.9 Å². The van der Waals surface area contributed by atoms with Crippen molar-refractivity contribution in [2.75, 3.05) is 5.32 Å². The van der Waals surface area contributed by atoms with Gasteiger partial charge in [-0.3, -0.25) is 9.78 Å². The van der Waals surface area contributed by atoms with E-state index in [2.05, 4.69) is 56.4 Å². The largest absolute Gasteiger partial charge is 0.363 e. The number of fused-ring (bicyclic) bond motifs is 1. The Morgan fingerprint density at radius 3 is 2.50 bits per heavy atom. The molecule has 6 heteroatoms. The van der Waals surface area contributed by atoms with Gasteiger partial charge in [0.05, 0.1) is 6.54 Å². The van der Waals surface area contributed by atoms with Crippen LogP contribution < -0.4 is 10.9 Å². The van der Waals surface area contributed by atoms with Gasteiger partial charge in [0.1, 0.15) is 11.0 Å². The molecule has 3 heterocycles. The molecule has 0 aliphatic heterocycles. The lowest BCUT2D eigenvalue weighted by Gasteiger charge is -2.11.